The van der Waals surface area contributed by atoms with Crippen molar-refractivity contribution in [2.45, 2.75) is 6.92 Å². The van der Waals surface area contributed by atoms with E-state index in [1.165, 1.54) is 24.3 Å². The summed E-state index contributed by atoms with van der Waals surface area (Å²) >= 11 is 5.80. The van der Waals surface area contributed by atoms with E-state index in [-0.39, 0.29) is 16.3 Å². The van der Waals surface area contributed by atoms with Gasteiger partial charge in [0.25, 0.3) is 5.91 Å². The zero-order chi connectivity index (χ0) is 15.4. The monoisotopic (exact) mass is 308 g/mol. The highest BCUT2D eigenvalue weighted by Crippen LogP contribution is 2.16. The number of amides is 1. The van der Waals surface area contributed by atoms with Gasteiger partial charge in [-0.3, -0.25) is 4.79 Å². The van der Waals surface area contributed by atoms with Crippen LogP contribution in [0, 0.1) is 12.7 Å². The molecule has 1 aromatic carbocycles. The third kappa shape index (κ3) is 3.73. The van der Waals surface area contributed by atoms with Gasteiger partial charge in [0.2, 0.25) is 0 Å². The number of carbonyl (C=O) groups is 1. The zero-order valence-corrected chi connectivity index (χ0v) is 11.6. The summed E-state index contributed by atoms with van der Waals surface area (Å²) in [6.45, 7) is 1.61. The first-order chi connectivity index (χ1) is 9.97. The van der Waals surface area contributed by atoms with Crippen molar-refractivity contribution in [2.75, 3.05) is 0 Å². The molecular formula is C13H10ClFN4O2. The number of carbonyl (C=O) groups excluding carboxylic acids is 1. The Morgan fingerprint density at radius 2 is 2.29 bits per heavy atom. The van der Waals surface area contributed by atoms with Gasteiger partial charge >= 0.3 is 5.69 Å². The minimum absolute atomic E-state index is 0.0505. The van der Waals surface area contributed by atoms with Gasteiger partial charge in [0, 0.05) is 11.3 Å². The summed E-state index contributed by atoms with van der Waals surface area (Å²) in [6, 6.07) is 5.56. The average molecular weight is 309 g/mol. The first-order valence-corrected chi connectivity index (χ1v) is 6.20. The first kappa shape index (κ1) is 14.9. The molecule has 2 aromatic rings. The molecule has 0 saturated carbocycles. The number of halogens is 2. The Kier molecular flexibility index (Phi) is 4.44. The summed E-state index contributed by atoms with van der Waals surface area (Å²) in [5.41, 5.74) is 1.96. The largest absolute Gasteiger partial charge is 0.345 e. The van der Waals surface area contributed by atoms with Crippen molar-refractivity contribution in [3.8, 4) is 0 Å². The van der Waals surface area contributed by atoms with Crippen molar-refractivity contribution in [3.05, 3.63) is 62.5 Å². The van der Waals surface area contributed by atoms with E-state index in [9.17, 15) is 14.0 Å². The summed E-state index contributed by atoms with van der Waals surface area (Å²) in [5, 5.41) is 3.76. The average Bonchev–Trinajstić information content (AvgIpc) is 2.40. The molecule has 0 bridgehead atoms. The lowest BCUT2D eigenvalue weighted by Crippen LogP contribution is -2.24. The third-order valence-corrected chi connectivity index (χ3v) is 2.80. The van der Waals surface area contributed by atoms with Gasteiger partial charge in [0.15, 0.2) is 0 Å². The Balaban J connectivity index is 2.14. The SMILES string of the molecule is Cc1cc(C(=O)N/N=C/c2c(F)cccc2Cl)nc(=O)[nH]1. The van der Waals surface area contributed by atoms with Gasteiger partial charge in [0.1, 0.15) is 11.5 Å². The Bertz CT molecular complexity index is 753. The molecule has 6 nitrogen and oxygen atoms in total. The van der Waals surface area contributed by atoms with Gasteiger partial charge in [-0.25, -0.2) is 14.6 Å². The molecule has 1 heterocycles. The quantitative estimate of drug-likeness (QED) is 0.667. The Labute approximate surface area is 123 Å². The van der Waals surface area contributed by atoms with Crippen LogP contribution in [0.4, 0.5) is 4.39 Å². The maximum atomic E-state index is 13.5. The second-order valence-corrected chi connectivity index (χ2v) is 4.50. The van der Waals surface area contributed by atoms with Crippen LogP contribution >= 0.6 is 11.6 Å². The van der Waals surface area contributed by atoms with Gasteiger partial charge in [0.05, 0.1) is 11.2 Å². The first-order valence-electron chi connectivity index (χ1n) is 5.83. The number of nitrogens with one attached hydrogen (secondary N) is 2. The number of benzene rings is 1. The molecular weight excluding hydrogens is 299 g/mol. The molecule has 108 valence electrons. The topological polar surface area (TPSA) is 87.2 Å². The Morgan fingerprint density at radius 1 is 1.52 bits per heavy atom. The molecule has 0 atom stereocenters. The van der Waals surface area contributed by atoms with Crippen LogP contribution in [0.2, 0.25) is 5.02 Å². The molecule has 1 aromatic heterocycles. The van der Waals surface area contributed by atoms with E-state index in [1.807, 2.05) is 0 Å². The molecule has 0 fully saturated rings. The molecule has 8 heteroatoms. The number of hydrogen-bond acceptors (Lipinski definition) is 4. The lowest BCUT2D eigenvalue weighted by atomic mass is 10.2. The number of aromatic nitrogens is 2. The molecule has 21 heavy (non-hydrogen) atoms. The minimum Gasteiger partial charge on any atom is -0.310 e. The molecule has 0 aliphatic carbocycles. The van der Waals surface area contributed by atoms with Crippen molar-refractivity contribution >= 4 is 23.7 Å². The Morgan fingerprint density at radius 3 is 2.95 bits per heavy atom. The number of H-pyrrole nitrogens is 1. The van der Waals surface area contributed by atoms with Crippen LogP contribution in [0.1, 0.15) is 21.7 Å². The molecule has 0 aliphatic rings. The van der Waals surface area contributed by atoms with E-state index >= 15 is 0 Å². The lowest BCUT2D eigenvalue weighted by Gasteiger charge is -2.01. The van der Waals surface area contributed by atoms with Crippen molar-refractivity contribution in [1.29, 1.82) is 0 Å². The van der Waals surface area contributed by atoms with Crippen molar-refractivity contribution in [1.82, 2.24) is 15.4 Å². The second-order valence-electron chi connectivity index (χ2n) is 4.09. The fourth-order valence-electron chi connectivity index (χ4n) is 1.54. The van der Waals surface area contributed by atoms with Gasteiger partial charge in [-0.15, -0.1) is 0 Å². The van der Waals surface area contributed by atoms with Crippen LogP contribution in [0.25, 0.3) is 0 Å². The summed E-state index contributed by atoms with van der Waals surface area (Å²) in [4.78, 5) is 28.8. The number of nitrogens with zero attached hydrogens (tertiary/aromatic N) is 2. The third-order valence-electron chi connectivity index (χ3n) is 2.47. The number of hydrazone groups is 1. The van der Waals surface area contributed by atoms with Gasteiger partial charge in [-0.05, 0) is 25.1 Å². The van der Waals surface area contributed by atoms with E-state index in [4.69, 9.17) is 11.6 Å². The van der Waals surface area contributed by atoms with Crippen molar-refractivity contribution in [2.24, 2.45) is 5.10 Å². The fourth-order valence-corrected chi connectivity index (χ4v) is 1.75. The maximum Gasteiger partial charge on any atom is 0.345 e. The number of aryl methyl sites for hydroxylation is 1. The van der Waals surface area contributed by atoms with Crippen molar-refractivity contribution in [3.63, 3.8) is 0 Å². The molecule has 0 aliphatic heterocycles. The van der Waals surface area contributed by atoms with Crippen LogP contribution < -0.4 is 11.1 Å². The van der Waals surface area contributed by atoms with E-state index in [2.05, 4.69) is 20.5 Å². The van der Waals surface area contributed by atoms with Crippen LogP contribution in [0.5, 0.6) is 0 Å². The van der Waals surface area contributed by atoms with E-state index < -0.39 is 17.4 Å². The number of hydrogen-bond donors (Lipinski definition) is 2. The smallest absolute Gasteiger partial charge is 0.310 e. The fraction of sp³-hybridized carbons (Fsp3) is 0.0769. The van der Waals surface area contributed by atoms with E-state index in [0.29, 0.717) is 5.69 Å². The predicted octanol–water partition coefficient (Wildman–Crippen LogP) is 1.63. The highest BCUT2D eigenvalue weighted by atomic mass is 35.5. The van der Waals surface area contributed by atoms with Crippen molar-refractivity contribution < 1.29 is 9.18 Å². The van der Waals surface area contributed by atoms with Crippen LogP contribution in [0.15, 0.2) is 34.2 Å². The second kappa shape index (κ2) is 6.27. The maximum absolute atomic E-state index is 13.5. The zero-order valence-electron chi connectivity index (χ0n) is 10.9. The molecule has 2 N–H and O–H groups in total. The van der Waals surface area contributed by atoms with Gasteiger partial charge in [-0.1, -0.05) is 17.7 Å². The number of aromatic amines is 1. The molecule has 0 spiro atoms. The molecule has 0 unspecified atom stereocenters. The predicted molar refractivity (Wildman–Crippen MR) is 76.1 cm³/mol. The van der Waals surface area contributed by atoms with Crippen LogP contribution in [-0.4, -0.2) is 22.1 Å². The minimum atomic E-state index is -0.687. The van der Waals surface area contributed by atoms with Gasteiger partial charge < -0.3 is 4.98 Å². The molecule has 1 amide bonds. The molecule has 0 saturated heterocycles. The highest BCUT2D eigenvalue weighted by Gasteiger charge is 2.08. The molecule has 0 radical (unpaired) electrons. The van der Waals surface area contributed by atoms with Crippen LogP contribution in [-0.2, 0) is 0 Å². The normalized spacial score (nSPS) is 10.8. The lowest BCUT2D eigenvalue weighted by molar-refractivity contribution is 0.0949. The summed E-state index contributed by atoms with van der Waals surface area (Å²) in [5.74, 6) is -1.25. The van der Waals surface area contributed by atoms with E-state index in [1.54, 1.807) is 6.92 Å². The molecule has 2 rings (SSSR count). The van der Waals surface area contributed by atoms with E-state index in [0.717, 1.165) is 6.21 Å². The highest BCUT2D eigenvalue weighted by molar-refractivity contribution is 6.33. The van der Waals surface area contributed by atoms with Gasteiger partial charge in [-0.2, -0.15) is 10.1 Å². The standard InChI is InChI=1S/C13H10ClFN4O2/c1-7-5-11(18-13(21)17-7)12(20)19-16-6-8-9(14)3-2-4-10(8)15/h2-6H,1H3,(H,19,20)(H,17,18,21)/b16-6+. The van der Waals surface area contributed by atoms with Crippen LogP contribution in [0.3, 0.4) is 0 Å². The summed E-state index contributed by atoms with van der Waals surface area (Å²) in [7, 11) is 0. The summed E-state index contributed by atoms with van der Waals surface area (Å²) < 4.78 is 13.5. The summed E-state index contributed by atoms with van der Waals surface area (Å²) in [6.07, 6.45) is 1.08. The Hall–Kier alpha value is -2.54. The number of rotatable bonds is 3.